The molecule has 0 radical (unpaired) electrons. The summed E-state index contributed by atoms with van der Waals surface area (Å²) in [6.45, 7) is 0.724. The van der Waals surface area contributed by atoms with Crippen LogP contribution in [0.4, 0.5) is 5.82 Å². The van der Waals surface area contributed by atoms with E-state index in [-0.39, 0.29) is 6.79 Å². The molecule has 1 aliphatic heterocycles. The SMILES string of the molecule is CNc1cccc(OCc2ccc3c(c2)OCO3)n1. The summed E-state index contributed by atoms with van der Waals surface area (Å²) in [6.07, 6.45) is 0. The normalized spacial score (nSPS) is 12.3. The molecule has 1 aliphatic rings. The summed E-state index contributed by atoms with van der Waals surface area (Å²) < 4.78 is 16.2. The number of pyridine rings is 1. The zero-order chi connectivity index (χ0) is 13.1. The van der Waals surface area contributed by atoms with Gasteiger partial charge < -0.3 is 19.5 Å². The lowest BCUT2D eigenvalue weighted by Gasteiger charge is -2.07. The van der Waals surface area contributed by atoms with Gasteiger partial charge in [0.2, 0.25) is 12.7 Å². The van der Waals surface area contributed by atoms with Crippen LogP contribution < -0.4 is 19.5 Å². The minimum atomic E-state index is 0.283. The van der Waals surface area contributed by atoms with Gasteiger partial charge >= 0.3 is 0 Å². The lowest BCUT2D eigenvalue weighted by Crippen LogP contribution is -1.99. The fourth-order valence-corrected chi connectivity index (χ4v) is 1.82. The number of rotatable bonds is 4. The lowest BCUT2D eigenvalue weighted by molar-refractivity contribution is 0.174. The second-order valence-corrected chi connectivity index (χ2v) is 4.09. The Morgan fingerprint density at radius 1 is 1.21 bits per heavy atom. The molecule has 1 N–H and O–H groups in total. The Bertz CT molecular complexity index is 587. The quantitative estimate of drug-likeness (QED) is 0.912. The fourth-order valence-electron chi connectivity index (χ4n) is 1.82. The molecule has 1 aromatic heterocycles. The van der Waals surface area contributed by atoms with E-state index in [9.17, 15) is 0 Å². The van der Waals surface area contributed by atoms with Gasteiger partial charge in [0, 0.05) is 13.1 Å². The van der Waals surface area contributed by atoms with Gasteiger partial charge in [-0.1, -0.05) is 12.1 Å². The zero-order valence-electron chi connectivity index (χ0n) is 10.6. The Balaban J connectivity index is 1.68. The van der Waals surface area contributed by atoms with Crippen molar-refractivity contribution in [2.45, 2.75) is 6.61 Å². The average molecular weight is 258 g/mol. The van der Waals surface area contributed by atoms with Crippen molar-refractivity contribution in [3.8, 4) is 17.4 Å². The van der Waals surface area contributed by atoms with Gasteiger partial charge in [-0.25, -0.2) is 0 Å². The summed E-state index contributed by atoms with van der Waals surface area (Å²) >= 11 is 0. The number of ether oxygens (including phenoxy) is 3. The van der Waals surface area contributed by atoms with Crippen LogP contribution in [0.25, 0.3) is 0 Å². The highest BCUT2D eigenvalue weighted by atomic mass is 16.7. The van der Waals surface area contributed by atoms with E-state index in [2.05, 4.69) is 10.3 Å². The molecule has 19 heavy (non-hydrogen) atoms. The van der Waals surface area contributed by atoms with E-state index in [0.717, 1.165) is 22.9 Å². The van der Waals surface area contributed by atoms with Gasteiger partial charge in [-0.2, -0.15) is 4.98 Å². The third kappa shape index (κ3) is 2.54. The molecule has 0 spiro atoms. The zero-order valence-corrected chi connectivity index (χ0v) is 10.6. The van der Waals surface area contributed by atoms with E-state index >= 15 is 0 Å². The molecule has 1 aromatic carbocycles. The van der Waals surface area contributed by atoms with Crippen molar-refractivity contribution in [2.75, 3.05) is 19.2 Å². The summed E-state index contributed by atoms with van der Waals surface area (Å²) in [5, 5.41) is 2.97. The maximum absolute atomic E-state index is 5.65. The predicted octanol–water partition coefficient (Wildman–Crippen LogP) is 2.43. The van der Waals surface area contributed by atoms with Crippen LogP contribution in [0, 0.1) is 0 Å². The van der Waals surface area contributed by atoms with Crippen LogP contribution in [0.5, 0.6) is 17.4 Å². The molecule has 0 saturated carbocycles. The van der Waals surface area contributed by atoms with E-state index in [4.69, 9.17) is 14.2 Å². The molecule has 2 aromatic rings. The molecular weight excluding hydrogens is 244 g/mol. The first-order valence-corrected chi connectivity index (χ1v) is 6.01. The topological polar surface area (TPSA) is 52.6 Å². The molecule has 0 amide bonds. The molecule has 98 valence electrons. The van der Waals surface area contributed by atoms with Crippen LogP contribution in [0.3, 0.4) is 0 Å². The Kier molecular flexibility index (Phi) is 3.10. The summed E-state index contributed by atoms with van der Waals surface area (Å²) in [4.78, 5) is 4.29. The van der Waals surface area contributed by atoms with Crippen LogP contribution in [-0.2, 0) is 6.61 Å². The van der Waals surface area contributed by atoms with E-state index in [1.807, 2.05) is 43.4 Å². The van der Waals surface area contributed by atoms with E-state index in [0.29, 0.717) is 12.5 Å². The van der Waals surface area contributed by atoms with Crippen LogP contribution in [0.1, 0.15) is 5.56 Å². The van der Waals surface area contributed by atoms with Crippen molar-refractivity contribution in [3.63, 3.8) is 0 Å². The summed E-state index contributed by atoms with van der Waals surface area (Å²) in [7, 11) is 1.82. The standard InChI is InChI=1S/C14H14N2O3/c1-15-13-3-2-4-14(16-13)17-8-10-5-6-11-12(7-10)19-9-18-11/h2-7H,8-9H2,1H3,(H,15,16). The lowest BCUT2D eigenvalue weighted by atomic mass is 10.2. The van der Waals surface area contributed by atoms with E-state index in [1.54, 1.807) is 0 Å². The number of aromatic nitrogens is 1. The molecule has 0 saturated heterocycles. The van der Waals surface area contributed by atoms with Crippen molar-refractivity contribution in [2.24, 2.45) is 0 Å². The van der Waals surface area contributed by atoms with Gasteiger partial charge in [-0.15, -0.1) is 0 Å². The highest BCUT2D eigenvalue weighted by Gasteiger charge is 2.13. The fraction of sp³-hybridized carbons (Fsp3) is 0.214. The van der Waals surface area contributed by atoms with E-state index < -0.39 is 0 Å². The average Bonchev–Trinajstić information content (AvgIpc) is 2.93. The third-order valence-corrected chi connectivity index (χ3v) is 2.80. The smallest absolute Gasteiger partial charge is 0.231 e. The third-order valence-electron chi connectivity index (χ3n) is 2.80. The van der Waals surface area contributed by atoms with Crippen LogP contribution in [-0.4, -0.2) is 18.8 Å². The monoisotopic (exact) mass is 258 g/mol. The second kappa shape index (κ2) is 5.06. The second-order valence-electron chi connectivity index (χ2n) is 4.09. The van der Waals surface area contributed by atoms with Crippen molar-refractivity contribution < 1.29 is 14.2 Å². The number of nitrogens with one attached hydrogen (secondary N) is 1. The summed E-state index contributed by atoms with van der Waals surface area (Å²) in [6, 6.07) is 11.4. The largest absolute Gasteiger partial charge is 0.473 e. The van der Waals surface area contributed by atoms with Gasteiger partial charge in [-0.3, -0.25) is 0 Å². The number of hydrogen-bond acceptors (Lipinski definition) is 5. The van der Waals surface area contributed by atoms with Crippen molar-refractivity contribution in [1.29, 1.82) is 0 Å². The molecule has 0 aliphatic carbocycles. The van der Waals surface area contributed by atoms with Gasteiger partial charge in [-0.05, 0) is 23.8 Å². The van der Waals surface area contributed by atoms with Crippen molar-refractivity contribution in [3.05, 3.63) is 42.0 Å². The molecule has 0 bridgehead atoms. The predicted molar refractivity (Wildman–Crippen MR) is 70.7 cm³/mol. The Labute approximate surface area is 111 Å². The summed E-state index contributed by atoms with van der Waals surface area (Å²) in [5.74, 6) is 2.91. The number of hydrogen-bond donors (Lipinski definition) is 1. The first-order chi connectivity index (χ1) is 9.35. The molecule has 2 heterocycles. The molecule has 0 fully saturated rings. The number of anilines is 1. The van der Waals surface area contributed by atoms with Gasteiger partial charge in [0.15, 0.2) is 11.5 Å². The van der Waals surface area contributed by atoms with Crippen LogP contribution in [0.2, 0.25) is 0 Å². The molecule has 5 heteroatoms. The van der Waals surface area contributed by atoms with Gasteiger partial charge in [0.1, 0.15) is 12.4 Å². The van der Waals surface area contributed by atoms with Crippen LogP contribution >= 0.6 is 0 Å². The highest BCUT2D eigenvalue weighted by Crippen LogP contribution is 2.32. The first-order valence-electron chi connectivity index (χ1n) is 6.01. The Morgan fingerprint density at radius 3 is 3.00 bits per heavy atom. The van der Waals surface area contributed by atoms with Crippen molar-refractivity contribution >= 4 is 5.82 Å². The molecule has 0 atom stereocenters. The Hall–Kier alpha value is -2.43. The van der Waals surface area contributed by atoms with Crippen molar-refractivity contribution in [1.82, 2.24) is 4.98 Å². The van der Waals surface area contributed by atoms with Crippen LogP contribution in [0.15, 0.2) is 36.4 Å². The molecule has 3 rings (SSSR count). The Morgan fingerprint density at radius 2 is 2.11 bits per heavy atom. The number of fused-ring (bicyclic) bond motifs is 1. The van der Waals surface area contributed by atoms with Gasteiger partial charge in [0.05, 0.1) is 0 Å². The highest BCUT2D eigenvalue weighted by molar-refractivity contribution is 5.44. The van der Waals surface area contributed by atoms with E-state index in [1.165, 1.54) is 0 Å². The van der Waals surface area contributed by atoms with Gasteiger partial charge in [0.25, 0.3) is 0 Å². The maximum atomic E-state index is 5.65. The minimum Gasteiger partial charge on any atom is -0.473 e. The molecular formula is C14H14N2O3. The molecule has 0 unspecified atom stereocenters. The summed E-state index contributed by atoms with van der Waals surface area (Å²) in [5.41, 5.74) is 1.01. The minimum absolute atomic E-state index is 0.283. The first kappa shape index (κ1) is 11.6. The number of nitrogens with zero attached hydrogens (tertiary/aromatic N) is 1. The number of benzene rings is 1. The molecule has 5 nitrogen and oxygen atoms in total. The maximum Gasteiger partial charge on any atom is 0.231 e.